The molecule has 0 aliphatic carbocycles. The van der Waals surface area contributed by atoms with E-state index < -0.39 is 0 Å². The van der Waals surface area contributed by atoms with E-state index in [0.717, 1.165) is 44.3 Å². The average molecular weight is 614 g/mol. The van der Waals surface area contributed by atoms with E-state index in [4.69, 9.17) is 9.40 Å². The van der Waals surface area contributed by atoms with Crippen LogP contribution in [0.5, 0.6) is 0 Å². The highest BCUT2D eigenvalue weighted by Gasteiger charge is 2.21. The SMILES string of the molecule is CC(C)c1cc(-c2ccc(C(C)(C)C)cc2)cc(C(C)C)c1-c1ccnc(-c2cccc3c2oc2c(-c4ccccc4)cccc23)c1. The van der Waals surface area contributed by atoms with Gasteiger partial charge in [0.15, 0.2) is 0 Å². The summed E-state index contributed by atoms with van der Waals surface area (Å²) in [5.41, 5.74) is 15.2. The van der Waals surface area contributed by atoms with Gasteiger partial charge >= 0.3 is 0 Å². The fourth-order valence-electron chi connectivity index (χ4n) is 6.86. The van der Waals surface area contributed by atoms with Crippen LogP contribution in [0, 0.1) is 0 Å². The van der Waals surface area contributed by atoms with Gasteiger partial charge in [0, 0.05) is 28.1 Å². The van der Waals surface area contributed by atoms with E-state index in [1.54, 1.807) is 0 Å². The Morgan fingerprint density at radius 1 is 0.532 bits per heavy atom. The van der Waals surface area contributed by atoms with Crippen molar-refractivity contribution < 1.29 is 4.42 Å². The summed E-state index contributed by atoms with van der Waals surface area (Å²) in [6.07, 6.45) is 1.95. The van der Waals surface area contributed by atoms with E-state index in [0.29, 0.717) is 11.8 Å². The summed E-state index contributed by atoms with van der Waals surface area (Å²) < 4.78 is 6.75. The number of hydrogen-bond donors (Lipinski definition) is 0. The summed E-state index contributed by atoms with van der Waals surface area (Å²) in [6.45, 7) is 16.0. The normalized spacial score (nSPS) is 12.1. The summed E-state index contributed by atoms with van der Waals surface area (Å²) in [6, 6.07) is 41.7. The molecule has 0 fully saturated rings. The summed E-state index contributed by atoms with van der Waals surface area (Å²) >= 11 is 0. The van der Waals surface area contributed by atoms with E-state index in [9.17, 15) is 0 Å². The van der Waals surface area contributed by atoms with Crippen LogP contribution in [0.25, 0.3) is 66.6 Å². The van der Waals surface area contributed by atoms with Crippen molar-refractivity contribution in [1.29, 1.82) is 0 Å². The van der Waals surface area contributed by atoms with Crippen molar-refractivity contribution in [1.82, 2.24) is 4.98 Å². The number of hydrogen-bond acceptors (Lipinski definition) is 2. The van der Waals surface area contributed by atoms with Crippen molar-refractivity contribution in [3.8, 4) is 44.6 Å². The minimum Gasteiger partial charge on any atom is -0.455 e. The van der Waals surface area contributed by atoms with Crippen LogP contribution in [0.15, 0.2) is 126 Å². The smallest absolute Gasteiger partial charge is 0.144 e. The highest BCUT2D eigenvalue weighted by molar-refractivity contribution is 6.12. The summed E-state index contributed by atoms with van der Waals surface area (Å²) in [5.74, 6) is 0.700. The van der Waals surface area contributed by atoms with Crippen LogP contribution in [0.3, 0.4) is 0 Å². The number of fused-ring (bicyclic) bond motifs is 3. The van der Waals surface area contributed by atoms with Gasteiger partial charge in [0.05, 0.1) is 5.69 Å². The molecule has 0 unspecified atom stereocenters. The van der Waals surface area contributed by atoms with Crippen molar-refractivity contribution in [2.24, 2.45) is 0 Å². The first kappa shape index (κ1) is 30.7. The Morgan fingerprint density at radius 3 is 1.72 bits per heavy atom. The van der Waals surface area contributed by atoms with Crippen LogP contribution in [0.4, 0.5) is 0 Å². The van der Waals surface area contributed by atoms with Gasteiger partial charge in [0.25, 0.3) is 0 Å². The van der Waals surface area contributed by atoms with Crippen LogP contribution < -0.4 is 0 Å². The first-order valence-corrected chi connectivity index (χ1v) is 16.9. The van der Waals surface area contributed by atoms with Crippen molar-refractivity contribution in [2.75, 3.05) is 0 Å². The molecule has 2 aromatic heterocycles. The lowest BCUT2D eigenvalue weighted by atomic mass is 9.81. The Kier molecular flexibility index (Phi) is 7.84. The molecule has 47 heavy (non-hydrogen) atoms. The number of pyridine rings is 1. The third-order valence-corrected chi connectivity index (χ3v) is 9.46. The molecular formula is C45H43NO. The standard InChI is InChI=1S/C45H43NO/c1-28(2)39-25-33(30-19-21-34(22-20-30)45(5,6)7)26-40(29(3)4)42(39)32-23-24-46-41(27-32)38-18-12-17-37-36-16-11-15-35(43(36)47-44(37)38)31-13-9-8-10-14-31/h8-29H,1-7H3. The average Bonchev–Trinajstić information content (AvgIpc) is 3.47. The number of rotatable bonds is 6. The second kappa shape index (κ2) is 12.0. The molecule has 0 bridgehead atoms. The zero-order valence-electron chi connectivity index (χ0n) is 28.6. The minimum atomic E-state index is 0.129. The number of benzene rings is 5. The number of furan rings is 1. The van der Waals surface area contributed by atoms with E-state index >= 15 is 0 Å². The molecule has 0 aliphatic heterocycles. The molecule has 5 aromatic carbocycles. The van der Waals surface area contributed by atoms with Crippen LogP contribution in [0.1, 0.15) is 77.0 Å². The predicted octanol–water partition coefficient (Wildman–Crippen LogP) is 13.2. The van der Waals surface area contributed by atoms with Crippen molar-refractivity contribution in [3.05, 3.63) is 138 Å². The second-order valence-electron chi connectivity index (χ2n) is 14.4. The third-order valence-electron chi connectivity index (χ3n) is 9.46. The number of para-hydroxylation sites is 2. The zero-order valence-corrected chi connectivity index (χ0v) is 28.6. The Hall–Kier alpha value is -4.95. The van der Waals surface area contributed by atoms with E-state index in [-0.39, 0.29) is 5.41 Å². The highest BCUT2D eigenvalue weighted by atomic mass is 16.3. The number of aromatic nitrogens is 1. The van der Waals surface area contributed by atoms with Crippen molar-refractivity contribution in [2.45, 2.75) is 65.7 Å². The van der Waals surface area contributed by atoms with E-state index in [1.165, 1.54) is 38.9 Å². The molecule has 0 atom stereocenters. The lowest BCUT2D eigenvalue weighted by molar-refractivity contribution is 0.590. The third kappa shape index (κ3) is 5.67. The van der Waals surface area contributed by atoms with Gasteiger partial charge in [-0.05, 0) is 80.0 Å². The first-order valence-electron chi connectivity index (χ1n) is 16.9. The molecule has 0 N–H and O–H groups in total. The van der Waals surface area contributed by atoms with Crippen LogP contribution >= 0.6 is 0 Å². The molecule has 7 aromatic rings. The number of nitrogens with zero attached hydrogens (tertiary/aromatic N) is 1. The summed E-state index contributed by atoms with van der Waals surface area (Å²) in [4.78, 5) is 4.92. The maximum atomic E-state index is 6.75. The molecule has 2 heterocycles. The molecule has 0 saturated carbocycles. The molecule has 0 radical (unpaired) electrons. The van der Waals surface area contributed by atoms with Gasteiger partial charge in [0.1, 0.15) is 11.2 Å². The molecule has 0 spiro atoms. The molecule has 7 rings (SSSR count). The van der Waals surface area contributed by atoms with Crippen LogP contribution in [-0.2, 0) is 5.41 Å². The Morgan fingerprint density at radius 2 is 1.13 bits per heavy atom. The topological polar surface area (TPSA) is 26.0 Å². The molecule has 0 saturated heterocycles. The predicted molar refractivity (Wildman–Crippen MR) is 200 cm³/mol. The van der Waals surface area contributed by atoms with Gasteiger partial charge in [-0.2, -0.15) is 0 Å². The second-order valence-corrected chi connectivity index (χ2v) is 14.4. The molecule has 2 heteroatoms. The first-order chi connectivity index (χ1) is 22.6. The fourth-order valence-corrected chi connectivity index (χ4v) is 6.86. The maximum Gasteiger partial charge on any atom is 0.144 e. The van der Waals surface area contributed by atoms with Crippen LogP contribution in [0.2, 0.25) is 0 Å². The monoisotopic (exact) mass is 613 g/mol. The van der Waals surface area contributed by atoms with Gasteiger partial charge in [-0.15, -0.1) is 0 Å². The van der Waals surface area contributed by atoms with E-state index in [2.05, 4.69) is 158 Å². The molecular weight excluding hydrogens is 571 g/mol. The quantitative estimate of drug-likeness (QED) is 0.186. The summed E-state index contributed by atoms with van der Waals surface area (Å²) in [7, 11) is 0. The van der Waals surface area contributed by atoms with E-state index in [1.807, 2.05) is 12.3 Å². The maximum absolute atomic E-state index is 6.75. The largest absolute Gasteiger partial charge is 0.455 e. The molecule has 234 valence electrons. The molecule has 0 amide bonds. The molecule has 2 nitrogen and oxygen atoms in total. The van der Waals surface area contributed by atoms with Crippen LogP contribution in [-0.4, -0.2) is 4.98 Å². The summed E-state index contributed by atoms with van der Waals surface area (Å²) in [5, 5.41) is 2.23. The van der Waals surface area contributed by atoms with Gasteiger partial charge < -0.3 is 4.42 Å². The highest BCUT2D eigenvalue weighted by Crippen LogP contribution is 2.43. The Labute approximate surface area is 279 Å². The Bertz CT molecular complexity index is 2180. The zero-order chi connectivity index (χ0) is 32.9. The van der Waals surface area contributed by atoms with Crippen molar-refractivity contribution >= 4 is 21.9 Å². The molecule has 0 aliphatic rings. The van der Waals surface area contributed by atoms with Gasteiger partial charge in [-0.1, -0.05) is 146 Å². The fraction of sp³-hybridized carbons (Fsp3) is 0.222. The Balaban J connectivity index is 1.37. The lowest BCUT2D eigenvalue weighted by Gasteiger charge is -2.23. The minimum absolute atomic E-state index is 0.129. The van der Waals surface area contributed by atoms with Gasteiger partial charge in [-0.3, -0.25) is 4.98 Å². The van der Waals surface area contributed by atoms with Crippen molar-refractivity contribution in [3.63, 3.8) is 0 Å². The lowest BCUT2D eigenvalue weighted by Crippen LogP contribution is -2.10. The van der Waals surface area contributed by atoms with Gasteiger partial charge in [0.2, 0.25) is 0 Å². The van der Waals surface area contributed by atoms with Gasteiger partial charge in [-0.25, -0.2) is 0 Å².